The van der Waals surface area contributed by atoms with Crippen molar-refractivity contribution >= 4 is 0 Å². The number of hydrogen-bond donors (Lipinski definition) is 4. The number of rotatable bonds is 6. The van der Waals surface area contributed by atoms with Crippen LogP contribution in [0.5, 0.6) is 23.3 Å². The van der Waals surface area contributed by atoms with Crippen LogP contribution in [0.15, 0.2) is 73.8 Å². The van der Waals surface area contributed by atoms with Gasteiger partial charge in [-0.05, 0) is 18.2 Å². The molecule has 34 heavy (non-hydrogen) atoms. The van der Waals surface area contributed by atoms with Gasteiger partial charge in [-0.2, -0.15) is 0 Å². The molecular formula is C23H18N4O7. The van der Waals surface area contributed by atoms with Crippen molar-refractivity contribution in [1.82, 2.24) is 19.9 Å². The monoisotopic (exact) mass is 462 g/mol. The molecule has 0 unspecified atom stereocenters. The van der Waals surface area contributed by atoms with Crippen molar-refractivity contribution in [1.29, 1.82) is 0 Å². The molecule has 0 saturated carbocycles. The Balaban J connectivity index is 1.55. The van der Waals surface area contributed by atoms with Crippen LogP contribution < -0.4 is 36.7 Å². The first kappa shape index (κ1) is 21.1. The molecule has 2 aromatic heterocycles. The minimum absolute atomic E-state index is 0.00114. The average Bonchev–Trinajstić information content (AvgIpc) is 2.81. The van der Waals surface area contributed by atoms with Crippen molar-refractivity contribution in [3.63, 3.8) is 0 Å². The van der Waals surface area contributed by atoms with E-state index in [1.165, 1.54) is 0 Å². The van der Waals surface area contributed by atoms with E-state index >= 15 is 0 Å². The van der Waals surface area contributed by atoms with Gasteiger partial charge in [0.25, 0.3) is 11.1 Å². The number of benzene rings is 2. The molecule has 0 amide bonds. The molecule has 0 atom stereocenters. The van der Waals surface area contributed by atoms with Crippen LogP contribution in [0, 0.1) is 0 Å². The van der Waals surface area contributed by atoms with Gasteiger partial charge in [0, 0.05) is 5.56 Å². The fourth-order valence-electron chi connectivity index (χ4n) is 3.87. The van der Waals surface area contributed by atoms with Gasteiger partial charge in [0.15, 0.2) is 0 Å². The van der Waals surface area contributed by atoms with Crippen LogP contribution in [0.4, 0.5) is 0 Å². The molecule has 11 heteroatoms. The number of aromatic amines is 4. The lowest BCUT2D eigenvalue weighted by atomic mass is 9.85. The van der Waals surface area contributed by atoms with E-state index in [9.17, 15) is 19.2 Å². The first-order valence-corrected chi connectivity index (χ1v) is 10.3. The van der Waals surface area contributed by atoms with Crippen molar-refractivity contribution < 1.29 is 14.2 Å². The maximum Gasteiger partial charge on any atom is 0.328 e. The Morgan fingerprint density at radius 2 is 1.24 bits per heavy atom. The van der Waals surface area contributed by atoms with E-state index in [2.05, 4.69) is 19.9 Å². The summed E-state index contributed by atoms with van der Waals surface area (Å²) in [6.45, 7) is 0.430. The summed E-state index contributed by atoms with van der Waals surface area (Å²) in [5.41, 5.74) is -2.59. The lowest BCUT2D eigenvalue weighted by Crippen LogP contribution is -2.36. The molecule has 0 saturated heterocycles. The highest BCUT2D eigenvalue weighted by atomic mass is 16.5. The molecule has 0 radical (unpaired) electrons. The highest BCUT2D eigenvalue weighted by Gasteiger charge is 2.37. The molecule has 2 aromatic carbocycles. The van der Waals surface area contributed by atoms with Gasteiger partial charge in [-0.3, -0.25) is 29.5 Å². The molecule has 0 aliphatic carbocycles. The van der Waals surface area contributed by atoms with Crippen molar-refractivity contribution in [2.75, 3.05) is 13.2 Å². The third-order valence-electron chi connectivity index (χ3n) is 5.25. The summed E-state index contributed by atoms with van der Waals surface area (Å²) in [6.07, 6.45) is 0. The minimum Gasteiger partial charge on any atom is -0.490 e. The van der Waals surface area contributed by atoms with E-state index < -0.39 is 28.4 Å². The number of H-pyrrole nitrogens is 4. The van der Waals surface area contributed by atoms with Gasteiger partial charge < -0.3 is 14.2 Å². The number of hydrogen-bond acceptors (Lipinski definition) is 7. The fraction of sp³-hybridized carbons (Fsp3) is 0.130. The summed E-state index contributed by atoms with van der Waals surface area (Å²) < 4.78 is 17.1. The second kappa shape index (κ2) is 8.62. The first-order valence-electron chi connectivity index (χ1n) is 10.3. The molecule has 0 spiro atoms. The van der Waals surface area contributed by atoms with Gasteiger partial charge >= 0.3 is 11.4 Å². The molecule has 5 rings (SSSR count). The predicted octanol–water partition coefficient (Wildman–Crippen LogP) is 1.18. The summed E-state index contributed by atoms with van der Waals surface area (Å²) >= 11 is 0. The molecular weight excluding hydrogens is 444 g/mol. The normalized spacial score (nSPS) is 12.4. The zero-order chi connectivity index (χ0) is 23.7. The summed E-state index contributed by atoms with van der Waals surface area (Å²) in [6, 6.07) is 16.1. The van der Waals surface area contributed by atoms with Crippen molar-refractivity contribution in [2.24, 2.45) is 0 Å². The number of ether oxygens (including phenoxy) is 3. The third kappa shape index (κ3) is 3.90. The molecule has 172 valence electrons. The predicted molar refractivity (Wildman–Crippen MR) is 120 cm³/mol. The number of para-hydroxylation sites is 2. The average molecular weight is 462 g/mol. The van der Waals surface area contributed by atoms with E-state index in [1.54, 1.807) is 24.3 Å². The Hall–Kier alpha value is -4.80. The summed E-state index contributed by atoms with van der Waals surface area (Å²) in [5.74, 6) is -0.257. The van der Waals surface area contributed by atoms with Crippen molar-refractivity contribution in [3.8, 4) is 23.3 Å². The molecule has 11 nitrogen and oxygen atoms in total. The van der Waals surface area contributed by atoms with Crippen molar-refractivity contribution in [2.45, 2.75) is 5.92 Å². The summed E-state index contributed by atoms with van der Waals surface area (Å²) in [7, 11) is 0. The molecule has 4 aromatic rings. The SMILES string of the molecule is O=c1[nH]c2c(c(=O)[nH]1)C(c1ccccc1OCCOc1ccccc1)c1c([nH]c(=O)[nH]c1=O)O2. The van der Waals surface area contributed by atoms with E-state index in [1.807, 2.05) is 30.3 Å². The summed E-state index contributed by atoms with van der Waals surface area (Å²) in [5, 5.41) is 0. The van der Waals surface area contributed by atoms with Crippen LogP contribution in [0.2, 0.25) is 0 Å². The van der Waals surface area contributed by atoms with E-state index in [0.717, 1.165) is 0 Å². The van der Waals surface area contributed by atoms with Gasteiger partial charge in [-0.15, -0.1) is 0 Å². The molecule has 0 bridgehead atoms. The third-order valence-corrected chi connectivity index (χ3v) is 5.25. The highest BCUT2D eigenvalue weighted by Crippen LogP contribution is 2.44. The standard InChI is InChI=1S/C23H18N4O7/c28-18-16-15(17-19(29)25-23(31)27-21(17)34-20(16)26-22(30)24-18)13-8-4-5-9-14(13)33-11-10-32-12-6-2-1-3-7-12/h1-9,15H,10-11H2,(H2,24,26,28,30)(H2,25,27,29,31). The van der Waals surface area contributed by atoms with E-state index in [-0.39, 0.29) is 36.1 Å². The van der Waals surface area contributed by atoms with Gasteiger partial charge in [-0.25, -0.2) is 9.59 Å². The van der Waals surface area contributed by atoms with Gasteiger partial charge in [-0.1, -0.05) is 36.4 Å². The minimum atomic E-state index is -0.994. The van der Waals surface area contributed by atoms with Crippen molar-refractivity contribution in [3.05, 3.63) is 113 Å². The Morgan fingerprint density at radius 1 is 0.676 bits per heavy atom. The maximum absolute atomic E-state index is 12.8. The molecule has 1 aliphatic rings. The van der Waals surface area contributed by atoms with E-state index in [4.69, 9.17) is 14.2 Å². The molecule has 1 aliphatic heterocycles. The Bertz CT molecular complexity index is 1510. The zero-order valence-corrected chi connectivity index (χ0v) is 17.5. The Kier molecular flexibility index (Phi) is 5.34. The van der Waals surface area contributed by atoms with Crippen LogP contribution >= 0.6 is 0 Å². The second-order valence-corrected chi connectivity index (χ2v) is 7.38. The second-order valence-electron chi connectivity index (χ2n) is 7.38. The van der Waals surface area contributed by atoms with E-state index in [0.29, 0.717) is 17.1 Å². The number of aromatic nitrogens is 4. The van der Waals surface area contributed by atoms with Gasteiger partial charge in [0.1, 0.15) is 24.7 Å². The smallest absolute Gasteiger partial charge is 0.328 e. The molecule has 0 fully saturated rings. The molecule has 3 heterocycles. The largest absolute Gasteiger partial charge is 0.490 e. The number of fused-ring (bicyclic) bond motifs is 2. The molecule has 4 N–H and O–H groups in total. The maximum atomic E-state index is 12.8. The number of nitrogens with one attached hydrogen (secondary N) is 4. The topological polar surface area (TPSA) is 159 Å². The van der Waals surface area contributed by atoms with Gasteiger partial charge in [0.05, 0.1) is 17.0 Å². The highest BCUT2D eigenvalue weighted by molar-refractivity contribution is 5.55. The van der Waals surface area contributed by atoms with Crippen LogP contribution in [0.25, 0.3) is 0 Å². The summed E-state index contributed by atoms with van der Waals surface area (Å²) in [4.78, 5) is 58.4. The van der Waals surface area contributed by atoms with Crippen LogP contribution in [-0.4, -0.2) is 33.1 Å². The van der Waals surface area contributed by atoms with Crippen LogP contribution in [0.1, 0.15) is 22.6 Å². The lowest BCUT2D eigenvalue weighted by molar-refractivity contribution is 0.215. The Labute approximate surface area is 190 Å². The quantitative estimate of drug-likeness (QED) is 0.276. The zero-order valence-electron chi connectivity index (χ0n) is 17.5. The first-order chi connectivity index (χ1) is 16.5. The van der Waals surface area contributed by atoms with Crippen LogP contribution in [0.3, 0.4) is 0 Å². The van der Waals surface area contributed by atoms with Gasteiger partial charge in [0.2, 0.25) is 11.8 Å². The Morgan fingerprint density at radius 3 is 1.88 bits per heavy atom. The lowest BCUT2D eigenvalue weighted by Gasteiger charge is -2.26. The fourth-order valence-corrected chi connectivity index (χ4v) is 3.87. The van der Waals surface area contributed by atoms with Crippen LogP contribution in [-0.2, 0) is 0 Å².